The van der Waals surface area contributed by atoms with E-state index in [0.29, 0.717) is 5.92 Å². The van der Waals surface area contributed by atoms with E-state index < -0.39 is 0 Å². The molecule has 1 aromatic rings. The zero-order chi connectivity index (χ0) is 11.3. The van der Waals surface area contributed by atoms with Crippen molar-refractivity contribution in [1.29, 1.82) is 0 Å². The molecule has 0 spiro atoms. The number of benzene rings is 1. The number of hydrogen-bond donors (Lipinski definition) is 1. The fraction of sp³-hybridized carbons (Fsp3) is 0.500. The lowest BCUT2D eigenvalue weighted by Crippen LogP contribution is -2.53. The third kappa shape index (κ3) is 1.22. The van der Waals surface area contributed by atoms with Crippen LogP contribution in [0.1, 0.15) is 54.1 Å². The summed E-state index contributed by atoms with van der Waals surface area (Å²) in [5.74, 6) is 0.588. The van der Waals surface area contributed by atoms with E-state index in [0.717, 1.165) is 12.0 Å². The van der Waals surface area contributed by atoms with Gasteiger partial charge in [-0.1, -0.05) is 12.1 Å². The number of aryl methyl sites for hydroxylation is 1. The molecular weight excluding hydrogens is 198 g/mol. The van der Waals surface area contributed by atoms with Gasteiger partial charge < -0.3 is 5.32 Å². The van der Waals surface area contributed by atoms with E-state index in [1.165, 1.54) is 24.0 Å². The third-order valence-corrected chi connectivity index (χ3v) is 4.04. The van der Waals surface area contributed by atoms with Gasteiger partial charge in [0.25, 0.3) is 5.91 Å². The van der Waals surface area contributed by atoms with E-state index in [2.05, 4.69) is 25.2 Å². The number of nitrogens with one attached hydrogen (secondary N) is 1. The zero-order valence-corrected chi connectivity index (χ0v) is 9.84. The Hall–Kier alpha value is -1.31. The molecule has 3 rings (SSSR count). The summed E-state index contributed by atoms with van der Waals surface area (Å²) < 4.78 is 0. The molecule has 2 nitrogen and oxygen atoms in total. The number of amides is 1. The standard InChI is InChI=1S/C14H17NO/c1-14(2)11-8-4-6-9-5-3-7-10(12(9)11)13(16)15-14/h3,5,7,11H,4,6,8H2,1-2H3,(H,15,16). The van der Waals surface area contributed by atoms with Gasteiger partial charge in [-0.2, -0.15) is 0 Å². The van der Waals surface area contributed by atoms with Crippen LogP contribution < -0.4 is 5.32 Å². The van der Waals surface area contributed by atoms with Gasteiger partial charge in [0.2, 0.25) is 0 Å². The van der Waals surface area contributed by atoms with Crippen LogP contribution in [0.3, 0.4) is 0 Å². The van der Waals surface area contributed by atoms with E-state index in [-0.39, 0.29) is 11.4 Å². The normalized spacial score (nSPS) is 25.9. The van der Waals surface area contributed by atoms with Gasteiger partial charge in [0.1, 0.15) is 0 Å². The first kappa shape index (κ1) is 9.88. The summed E-state index contributed by atoms with van der Waals surface area (Å²) in [6.07, 6.45) is 3.56. The van der Waals surface area contributed by atoms with Crippen LogP contribution in [-0.2, 0) is 6.42 Å². The van der Waals surface area contributed by atoms with Gasteiger partial charge >= 0.3 is 0 Å². The van der Waals surface area contributed by atoms with Gasteiger partial charge in [0.05, 0.1) is 0 Å². The lowest BCUT2D eigenvalue weighted by Gasteiger charge is -2.43. The van der Waals surface area contributed by atoms with Gasteiger partial charge in [-0.3, -0.25) is 4.79 Å². The maximum Gasteiger partial charge on any atom is 0.252 e. The fourth-order valence-corrected chi connectivity index (χ4v) is 3.25. The highest BCUT2D eigenvalue weighted by Gasteiger charge is 2.41. The topological polar surface area (TPSA) is 29.1 Å². The van der Waals surface area contributed by atoms with Crippen LogP contribution in [-0.4, -0.2) is 11.4 Å². The van der Waals surface area contributed by atoms with Crippen LogP contribution in [0.4, 0.5) is 0 Å². The van der Waals surface area contributed by atoms with Crippen molar-refractivity contribution in [1.82, 2.24) is 5.32 Å². The predicted octanol–water partition coefficient (Wildman–Crippen LogP) is 2.63. The molecule has 0 fully saturated rings. The minimum absolute atomic E-state index is 0.0966. The first-order chi connectivity index (χ1) is 7.59. The smallest absolute Gasteiger partial charge is 0.252 e. The molecule has 0 saturated heterocycles. The van der Waals surface area contributed by atoms with Gasteiger partial charge in [-0.25, -0.2) is 0 Å². The van der Waals surface area contributed by atoms with Crippen molar-refractivity contribution in [3.8, 4) is 0 Å². The summed E-state index contributed by atoms with van der Waals surface area (Å²) in [5.41, 5.74) is 3.52. The third-order valence-electron chi connectivity index (χ3n) is 4.04. The van der Waals surface area contributed by atoms with Crippen molar-refractivity contribution in [3.63, 3.8) is 0 Å². The molecule has 1 aliphatic carbocycles. The minimum atomic E-state index is -0.0966. The largest absolute Gasteiger partial charge is 0.347 e. The minimum Gasteiger partial charge on any atom is -0.347 e. The van der Waals surface area contributed by atoms with E-state index in [1.54, 1.807) is 0 Å². The first-order valence-corrected chi connectivity index (χ1v) is 6.04. The van der Waals surface area contributed by atoms with Crippen LogP contribution in [0.15, 0.2) is 18.2 Å². The maximum atomic E-state index is 12.0. The molecule has 16 heavy (non-hydrogen) atoms. The second-order valence-electron chi connectivity index (χ2n) is 5.50. The van der Waals surface area contributed by atoms with Crippen molar-refractivity contribution >= 4 is 5.91 Å². The van der Waals surface area contributed by atoms with Crippen LogP contribution in [0.2, 0.25) is 0 Å². The molecule has 0 aromatic heterocycles. The Balaban J connectivity index is 2.26. The molecule has 84 valence electrons. The van der Waals surface area contributed by atoms with Crippen molar-refractivity contribution in [3.05, 3.63) is 34.9 Å². The number of rotatable bonds is 0. The monoisotopic (exact) mass is 215 g/mol. The van der Waals surface area contributed by atoms with Crippen LogP contribution in [0, 0.1) is 0 Å². The molecule has 1 atom stereocenters. The Morgan fingerprint density at radius 3 is 3.00 bits per heavy atom. The van der Waals surface area contributed by atoms with E-state index in [1.807, 2.05) is 12.1 Å². The Morgan fingerprint density at radius 2 is 2.19 bits per heavy atom. The second-order valence-corrected chi connectivity index (χ2v) is 5.50. The highest BCUT2D eigenvalue weighted by atomic mass is 16.1. The second kappa shape index (κ2) is 3.09. The van der Waals surface area contributed by atoms with E-state index >= 15 is 0 Å². The number of hydrogen-bond acceptors (Lipinski definition) is 1. The molecule has 2 heteroatoms. The molecule has 1 heterocycles. The molecule has 1 amide bonds. The average molecular weight is 215 g/mol. The fourth-order valence-electron chi connectivity index (χ4n) is 3.25. The van der Waals surface area contributed by atoms with Crippen molar-refractivity contribution < 1.29 is 4.79 Å². The van der Waals surface area contributed by atoms with Gasteiger partial charge in [-0.05, 0) is 50.3 Å². The van der Waals surface area contributed by atoms with Crippen molar-refractivity contribution in [2.24, 2.45) is 0 Å². The van der Waals surface area contributed by atoms with E-state index in [4.69, 9.17) is 0 Å². The summed E-state index contributed by atoms with van der Waals surface area (Å²) in [5, 5.41) is 3.14. The van der Waals surface area contributed by atoms with Crippen molar-refractivity contribution in [2.75, 3.05) is 0 Å². The molecule has 2 aliphatic rings. The van der Waals surface area contributed by atoms with Gasteiger partial charge in [0.15, 0.2) is 0 Å². The van der Waals surface area contributed by atoms with Gasteiger partial charge in [0, 0.05) is 17.0 Å². The Bertz CT molecular complexity index is 462. The molecule has 0 radical (unpaired) electrons. The summed E-state index contributed by atoms with van der Waals surface area (Å²) in [6.45, 7) is 4.28. The summed E-state index contributed by atoms with van der Waals surface area (Å²) >= 11 is 0. The highest BCUT2D eigenvalue weighted by Crippen LogP contribution is 2.43. The summed E-state index contributed by atoms with van der Waals surface area (Å²) in [4.78, 5) is 12.0. The van der Waals surface area contributed by atoms with Crippen LogP contribution in [0.5, 0.6) is 0 Å². The molecule has 1 N–H and O–H groups in total. The van der Waals surface area contributed by atoms with Crippen molar-refractivity contribution in [2.45, 2.75) is 44.6 Å². The molecule has 0 saturated carbocycles. The molecule has 1 aliphatic heterocycles. The first-order valence-electron chi connectivity index (χ1n) is 6.04. The van der Waals surface area contributed by atoms with E-state index in [9.17, 15) is 4.79 Å². The van der Waals surface area contributed by atoms with Crippen LogP contribution >= 0.6 is 0 Å². The van der Waals surface area contributed by atoms with Crippen LogP contribution in [0.25, 0.3) is 0 Å². The Labute approximate surface area is 96.1 Å². The molecule has 1 unspecified atom stereocenters. The lowest BCUT2D eigenvalue weighted by atomic mass is 9.69. The number of carbonyl (C=O) groups is 1. The van der Waals surface area contributed by atoms with Gasteiger partial charge in [-0.15, -0.1) is 0 Å². The lowest BCUT2D eigenvalue weighted by molar-refractivity contribution is 0.0869. The quantitative estimate of drug-likeness (QED) is 0.708. The summed E-state index contributed by atoms with van der Waals surface area (Å²) in [6, 6.07) is 6.15. The zero-order valence-electron chi connectivity index (χ0n) is 9.84. The summed E-state index contributed by atoms with van der Waals surface area (Å²) in [7, 11) is 0. The maximum absolute atomic E-state index is 12.0. The SMILES string of the molecule is CC1(C)NC(=O)c2cccc3c2C1CCC3. The molecule has 0 bridgehead atoms. The predicted molar refractivity (Wildman–Crippen MR) is 63.7 cm³/mol. The Kier molecular flexibility index (Phi) is 1.91. The Morgan fingerprint density at radius 1 is 1.38 bits per heavy atom. The molecule has 1 aromatic carbocycles. The molecular formula is C14H17NO. The highest BCUT2D eigenvalue weighted by molar-refractivity contribution is 5.98. The number of carbonyl (C=O) groups excluding carboxylic acids is 1. The average Bonchev–Trinajstić information content (AvgIpc) is 2.25.